The minimum Gasteiger partial charge on any atom is -0.425 e. The molecule has 4 nitrogen and oxygen atoms in total. The molecule has 0 fully saturated rings. The van der Waals surface area contributed by atoms with Gasteiger partial charge in [-0.25, -0.2) is 0 Å². The summed E-state index contributed by atoms with van der Waals surface area (Å²) in [7, 11) is 0. The number of aliphatic hydroxyl groups excluding tert-OH is 1. The molecule has 90 valence electrons. The van der Waals surface area contributed by atoms with Gasteiger partial charge < -0.3 is 9.52 Å². The van der Waals surface area contributed by atoms with E-state index in [0.29, 0.717) is 24.6 Å². The third-order valence-electron chi connectivity index (χ3n) is 2.62. The first-order chi connectivity index (χ1) is 8.31. The summed E-state index contributed by atoms with van der Waals surface area (Å²) in [6.07, 6.45) is 2.10. The van der Waals surface area contributed by atoms with Crippen LogP contribution in [0.3, 0.4) is 0 Å². The first-order valence-corrected chi connectivity index (χ1v) is 5.81. The molecular weight excluding hydrogens is 216 g/mol. The van der Waals surface area contributed by atoms with Gasteiger partial charge in [-0.2, -0.15) is 0 Å². The summed E-state index contributed by atoms with van der Waals surface area (Å²) in [5.41, 5.74) is 2.47. The molecular formula is C13H16N2O2. The van der Waals surface area contributed by atoms with Crippen LogP contribution in [0.5, 0.6) is 0 Å². The summed E-state index contributed by atoms with van der Waals surface area (Å²) >= 11 is 0. The van der Waals surface area contributed by atoms with Crippen LogP contribution in [0.1, 0.15) is 29.8 Å². The lowest BCUT2D eigenvalue weighted by Crippen LogP contribution is -1.89. The monoisotopic (exact) mass is 232 g/mol. The maximum Gasteiger partial charge on any atom is 0.220 e. The van der Waals surface area contributed by atoms with E-state index in [9.17, 15) is 0 Å². The van der Waals surface area contributed by atoms with Crippen molar-refractivity contribution in [2.45, 2.75) is 26.2 Å². The van der Waals surface area contributed by atoms with Crippen LogP contribution in [-0.4, -0.2) is 21.9 Å². The number of aliphatic hydroxyl groups is 1. The van der Waals surface area contributed by atoms with Crippen LogP contribution in [0.4, 0.5) is 0 Å². The predicted molar refractivity (Wildman–Crippen MR) is 63.7 cm³/mol. The zero-order valence-corrected chi connectivity index (χ0v) is 9.89. The minimum absolute atomic E-state index is 0.0346. The van der Waals surface area contributed by atoms with Gasteiger partial charge in [-0.1, -0.05) is 31.2 Å². The Morgan fingerprint density at radius 2 is 1.71 bits per heavy atom. The molecule has 1 N–H and O–H groups in total. The molecule has 0 atom stereocenters. The Labute approximate surface area is 100 Å². The van der Waals surface area contributed by atoms with E-state index in [2.05, 4.69) is 41.4 Å². The Kier molecular flexibility index (Phi) is 3.88. The van der Waals surface area contributed by atoms with Crippen LogP contribution < -0.4 is 0 Å². The fraction of sp³-hybridized carbons (Fsp3) is 0.385. The summed E-state index contributed by atoms with van der Waals surface area (Å²) in [6.45, 7) is 2.17. The van der Waals surface area contributed by atoms with Gasteiger partial charge in [0.05, 0.1) is 13.0 Å². The summed E-state index contributed by atoms with van der Waals surface area (Å²) in [5.74, 6) is 1.09. The van der Waals surface area contributed by atoms with Gasteiger partial charge in [0.1, 0.15) is 0 Å². The Morgan fingerprint density at radius 3 is 2.35 bits per heavy atom. The zero-order valence-electron chi connectivity index (χ0n) is 9.89. The largest absolute Gasteiger partial charge is 0.425 e. The third kappa shape index (κ3) is 3.14. The molecule has 0 saturated carbocycles. The molecule has 17 heavy (non-hydrogen) atoms. The van der Waals surface area contributed by atoms with E-state index >= 15 is 0 Å². The van der Waals surface area contributed by atoms with Crippen LogP contribution in [0.25, 0.3) is 0 Å². The molecule has 0 spiro atoms. The lowest BCUT2D eigenvalue weighted by Gasteiger charge is -1.99. The highest BCUT2D eigenvalue weighted by Gasteiger charge is 2.06. The van der Waals surface area contributed by atoms with Gasteiger partial charge >= 0.3 is 0 Å². The van der Waals surface area contributed by atoms with E-state index in [1.807, 2.05) is 0 Å². The van der Waals surface area contributed by atoms with Crippen molar-refractivity contribution in [2.75, 3.05) is 6.61 Å². The van der Waals surface area contributed by atoms with Crippen LogP contribution >= 0.6 is 0 Å². The van der Waals surface area contributed by atoms with E-state index in [1.165, 1.54) is 5.56 Å². The summed E-state index contributed by atoms with van der Waals surface area (Å²) in [5, 5.41) is 16.6. The molecule has 0 saturated heterocycles. The number of rotatable bonds is 5. The van der Waals surface area contributed by atoms with Crippen LogP contribution in [0.15, 0.2) is 28.7 Å². The lowest BCUT2D eigenvalue weighted by atomic mass is 10.1. The maximum atomic E-state index is 8.75. The Balaban J connectivity index is 2.03. The number of aromatic nitrogens is 2. The Bertz CT molecular complexity index is 463. The molecule has 0 aliphatic heterocycles. The quantitative estimate of drug-likeness (QED) is 0.853. The molecule has 2 rings (SSSR count). The molecule has 1 heterocycles. The lowest BCUT2D eigenvalue weighted by molar-refractivity contribution is 0.283. The zero-order chi connectivity index (χ0) is 12.1. The fourth-order valence-electron chi connectivity index (χ4n) is 1.62. The van der Waals surface area contributed by atoms with Crippen molar-refractivity contribution in [3.8, 4) is 0 Å². The molecule has 1 aromatic heterocycles. The minimum atomic E-state index is 0.0346. The van der Waals surface area contributed by atoms with Crippen molar-refractivity contribution in [2.24, 2.45) is 0 Å². The Morgan fingerprint density at radius 1 is 1.06 bits per heavy atom. The second-order valence-electron chi connectivity index (χ2n) is 3.91. The molecule has 0 amide bonds. The Hall–Kier alpha value is -1.68. The SMILES string of the molecule is CCc1ccc(Cc2nnc(CCO)o2)cc1. The molecule has 0 aliphatic carbocycles. The van der Waals surface area contributed by atoms with Gasteiger partial charge in [0.2, 0.25) is 11.8 Å². The first-order valence-electron chi connectivity index (χ1n) is 5.81. The van der Waals surface area contributed by atoms with Crippen LogP contribution in [0.2, 0.25) is 0 Å². The second-order valence-corrected chi connectivity index (χ2v) is 3.91. The second kappa shape index (κ2) is 5.59. The highest BCUT2D eigenvalue weighted by molar-refractivity contribution is 5.24. The highest BCUT2D eigenvalue weighted by Crippen LogP contribution is 2.10. The summed E-state index contributed by atoms with van der Waals surface area (Å²) in [6, 6.07) is 8.38. The predicted octanol–water partition coefficient (Wildman–Crippen LogP) is 1.76. The summed E-state index contributed by atoms with van der Waals surface area (Å²) in [4.78, 5) is 0. The fourth-order valence-corrected chi connectivity index (χ4v) is 1.62. The van der Waals surface area contributed by atoms with Crippen LogP contribution in [-0.2, 0) is 19.3 Å². The van der Waals surface area contributed by atoms with Gasteiger partial charge in [0.15, 0.2) is 0 Å². The topological polar surface area (TPSA) is 59.2 Å². The number of nitrogens with zero attached hydrogens (tertiary/aromatic N) is 2. The van der Waals surface area contributed by atoms with Gasteiger partial charge in [-0.15, -0.1) is 10.2 Å². The van der Waals surface area contributed by atoms with E-state index < -0.39 is 0 Å². The van der Waals surface area contributed by atoms with E-state index in [0.717, 1.165) is 12.0 Å². The van der Waals surface area contributed by atoms with Gasteiger partial charge in [0.25, 0.3) is 0 Å². The molecule has 2 aromatic rings. The van der Waals surface area contributed by atoms with Crippen molar-refractivity contribution < 1.29 is 9.52 Å². The van der Waals surface area contributed by atoms with Gasteiger partial charge in [0, 0.05) is 6.42 Å². The third-order valence-corrected chi connectivity index (χ3v) is 2.62. The highest BCUT2D eigenvalue weighted by atomic mass is 16.4. The molecule has 1 aromatic carbocycles. The smallest absolute Gasteiger partial charge is 0.220 e. The molecule has 0 bridgehead atoms. The van der Waals surface area contributed by atoms with E-state index in [-0.39, 0.29) is 6.61 Å². The molecule has 0 aliphatic rings. The van der Waals surface area contributed by atoms with Crippen molar-refractivity contribution in [3.63, 3.8) is 0 Å². The standard InChI is InChI=1S/C13H16N2O2/c1-2-10-3-5-11(6-4-10)9-13-15-14-12(17-13)7-8-16/h3-6,16H,2,7-9H2,1H3. The number of benzene rings is 1. The van der Waals surface area contributed by atoms with Crippen molar-refractivity contribution in [1.29, 1.82) is 0 Å². The average molecular weight is 232 g/mol. The van der Waals surface area contributed by atoms with Crippen LogP contribution in [0, 0.1) is 0 Å². The van der Waals surface area contributed by atoms with E-state index in [1.54, 1.807) is 0 Å². The normalized spacial score (nSPS) is 10.7. The van der Waals surface area contributed by atoms with Crippen molar-refractivity contribution >= 4 is 0 Å². The molecule has 4 heteroatoms. The molecule has 0 unspecified atom stereocenters. The first kappa shape index (κ1) is 11.8. The number of hydrogen-bond donors (Lipinski definition) is 1. The van der Waals surface area contributed by atoms with Crippen molar-refractivity contribution in [3.05, 3.63) is 47.2 Å². The average Bonchev–Trinajstić information content (AvgIpc) is 2.78. The van der Waals surface area contributed by atoms with Crippen molar-refractivity contribution in [1.82, 2.24) is 10.2 Å². The maximum absolute atomic E-state index is 8.75. The van der Waals surface area contributed by atoms with E-state index in [4.69, 9.17) is 9.52 Å². The van der Waals surface area contributed by atoms with Gasteiger partial charge in [-0.05, 0) is 17.5 Å². The number of aryl methyl sites for hydroxylation is 1. The number of hydrogen-bond acceptors (Lipinski definition) is 4. The molecule has 0 radical (unpaired) electrons. The summed E-state index contributed by atoms with van der Waals surface area (Å²) < 4.78 is 5.40. The van der Waals surface area contributed by atoms with Gasteiger partial charge in [-0.3, -0.25) is 0 Å².